The number of nitrogens with two attached hydrogens (primary N) is 1. The summed E-state index contributed by atoms with van der Waals surface area (Å²) in [5.74, 6) is 1.18. The lowest BCUT2D eigenvalue weighted by molar-refractivity contribution is -0.117. The van der Waals surface area contributed by atoms with Crippen molar-refractivity contribution >= 4 is 17.5 Å². The fourth-order valence-corrected chi connectivity index (χ4v) is 1.76. The second-order valence-electron chi connectivity index (χ2n) is 4.17. The van der Waals surface area contributed by atoms with Crippen LogP contribution in [0.3, 0.4) is 0 Å². The van der Waals surface area contributed by atoms with E-state index in [2.05, 4.69) is 0 Å². The molecule has 2 aromatic rings. The van der Waals surface area contributed by atoms with Crippen LogP contribution in [0.4, 0.5) is 0 Å². The molecule has 3 nitrogen and oxygen atoms in total. The first-order chi connectivity index (χ1) is 9.13. The van der Waals surface area contributed by atoms with Gasteiger partial charge in [-0.25, -0.2) is 0 Å². The summed E-state index contributed by atoms with van der Waals surface area (Å²) in [4.78, 5) is 10.7. The smallest absolute Gasteiger partial charge is 0.217 e. The number of carbonyl (C=O) groups is 1. The lowest BCUT2D eigenvalue weighted by Crippen LogP contribution is -2.11. The van der Waals surface area contributed by atoms with Gasteiger partial charge in [-0.3, -0.25) is 4.79 Å². The maximum atomic E-state index is 10.7. The zero-order valence-corrected chi connectivity index (χ0v) is 11.1. The van der Waals surface area contributed by atoms with Crippen molar-refractivity contribution in [1.29, 1.82) is 0 Å². The van der Waals surface area contributed by atoms with Gasteiger partial charge in [0.05, 0.1) is 0 Å². The van der Waals surface area contributed by atoms with Crippen molar-refractivity contribution in [3.8, 4) is 11.5 Å². The molecule has 0 spiro atoms. The lowest BCUT2D eigenvalue weighted by atomic mass is 10.1. The number of ether oxygens (including phenoxy) is 1. The van der Waals surface area contributed by atoms with Crippen molar-refractivity contribution in [1.82, 2.24) is 0 Å². The summed E-state index contributed by atoms with van der Waals surface area (Å²) in [5, 5.41) is 0.675. The molecule has 0 heterocycles. The topological polar surface area (TPSA) is 52.3 Å². The van der Waals surface area contributed by atoms with Crippen molar-refractivity contribution in [3.63, 3.8) is 0 Å². The summed E-state index contributed by atoms with van der Waals surface area (Å²) < 4.78 is 5.66. The van der Waals surface area contributed by atoms with E-state index in [-0.39, 0.29) is 5.91 Å². The van der Waals surface area contributed by atoms with Crippen molar-refractivity contribution < 1.29 is 9.53 Å². The van der Waals surface area contributed by atoms with Crippen LogP contribution in [0.2, 0.25) is 5.02 Å². The van der Waals surface area contributed by atoms with E-state index >= 15 is 0 Å². The number of rotatable bonds is 5. The van der Waals surface area contributed by atoms with E-state index < -0.39 is 0 Å². The molecule has 0 saturated heterocycles. The zero-order valence-electron chi connectivity index (χ0n) is 10.3. The second kappa shape index (κ2) is 6.25. The molecule has 98 valence electrons. The van der Waals surface area contributed by atoms with Gasteiger partial charge in [0.25, 0.3) is 0 Å². The molecule has 4 heteroatoms. The molecular weight excluding hydrogens is 262 g/mol. The fraction of sp³-hybridized carbons (Fsp3) is 0.133. The average Bonchev–Trinajstić information content (AvgIpc) is 2.40. The second-order valence-corrected chi connectivity index (χ2v) is 4.60. The largest absolute Gasteiger partial charge is 0.457 e. The molecular formula is C15H14ClNO2. The highest BCUT2D eigenvalue weighted by atomic mass is 35.5. The quantitative estimate of drug-likeness (QED) is 0.907. The predicted octanol–water partition coefficient (Wildman–Crippen LogP) is 3.55. The fourth-order valence-electron chi connectivity index (χ4n) is 1.63. The Hall–Kier alpha value is -2.00. The first kappa shape index (κ1) is 13.4. The minimum absolute atomic E-state index is 0.290. The van der Waals surface area contributed by atoms with E-state index in [1.54, 1.807) is 12.1 Å². The van der Waals surface area contributed by atoms with E-state index in [0.29, 0.717) is 17.9 Å². The molecule has 1 amide bonds. The Bertz CT molecular complexity index is 549. The van der Waals surface area contributed by atoms with Crippen LogP contribution in [0.15, 0.2) is 48.5 Å². The molecule has 0 saturated carbocycles. The number of amides is 1. The van der Waals surface area contributed by atoms with E-state index in [0.717, 1.165) is 17.1 Å². The van der Waals surface area contributed by atoms with Gasteiger partial charge < -0.3 is 10.5 Å². The number of hydrogen-bond donors (Lipinski definition) is 1. The van der Waals surface area contributed by atoms with Gasteiger partial charge in [0.2, 0.25) is 5.91 Å². The minimum atomic E-state index is -0.290. The normalized spacial score (nSPS) is 10.2. The molecule has 0 unspecified atom stereocenters. The lowest BCUT2D eigenvalue weighted by Gasteiger charge is -2.06. The highest BCUT2D eigenvalue weighted by molar-refractivity contribution is 6.30. The van der Waals surface area contributed by atoms with Crippen LogP contribution in [-0.4, -0.2) is 5.91 Å². The van der Waals surface area contributed by atoms with Crippen LogP contribution in [0.1, 0.15) is 12.0 Å². The molecule has 0 aliphatic carbocycles. The van der Waals surface area contributed by atoms with Crippen LogP contribution >= 0.6 is 11.6 Å². The van der Waals surface area contributed by atoms with Crippen molar-refractivity contribution in [3.05, 3.63) is 59.1 Å². The summed E-state index contributed by atoms with van der Waals surface area (Å²) in [6, 6.07) is 14.8. The molecule has 19 heavy (non-hydrogen) atoms. The van der Waals surface area contributed by atoms with Crippen LogP contribution in [-0.2, 0) is 11.2 Å². The maximum absolute atomic E-state index is 10.7. The predicted molar refractivity (Wildman–Crippen MR) is 75.5 cm³/mol. The summed E-state index contributed by atoms with van der Waals surface area (Å²) in [6.07, 6.45) is 1.01. The van der Waals surface area contributed by atoms with E-state index in [9.17, 15) is 4.79 Å². The number of halogens is 1. The molecule has 0 aliphatic rings. The standard InChI is InChI=1S/C15H14ClNO2/c16-12-4-8-14(9-5-12)19-13-6-1-11(2-7-13)3-10-15(17)18/h1-2,4-9H,3,10H2,(H2,17,18). The zero-order chi connectivity index (χ0) is 13.7. The van der Waals surface area contributed by atoms with E-state index in [1.165, 1.54) is 0 Å². The van der Waals surface area contributed by atoms with Gasteiger partial charge in [-0.15, -0.1) is 0 Å². The summed E-state index contributed by atoms with van der Waals surface area (Å²) in [6.45, 7) is 0. The Labute approximate surface area is 117 Å². The van der Waals surface area contributed by atoms with Crippen LogP contribution in [0, 0.1) is 0 Å². The number of aryl methyl sites for hydroxylation is 1. The molecule has 2 rings (SSSR count). The first-order valence-corrected chi connectivity index (χ1v) is 6.32. The molecule has 0 radical (unpaired) electrons. The third kappa shape index (κ3) is 4.30. The highest BCUT2D eigenvalue weighted by Crippen LogP contribution is 2.23. The van der Waals surface area contributed by atoms with E-state index in [1.807, 2.05) is 36.4 Å². The SMILES string of the molecule is NC(=O)CCc1ccc(Oc2ccc(Cl)cc2)cc1. The molecule has 0 fully saturated rings. The Balaban J connectivity index is 1.98. The van der Waals surface area contributed by atoms with Gasteiger partial charge in [0.1, 0.15) is 11.5 Å². The monoisotopic (exact) mass is 275 g/mol. The molecule has 0 aliphatic heterocycles. The van der Waals surface area contributed by atoms with Gasteiger partial charge in [0.15, 0.2) is 0 Å². The number of hydrogen-bond acceptors (Lipinski definition) is 2. The maximum Gasteiger partial charge on any atom is 0.217 e. The number of primary amides is 1. The Kier molecular flexibility index (Phi) is 4.42. The van der Waals surface area contributed by atoms with Crippen LogP contribution in [0.5, 0.6) is 11.5 Å². The Morgan fingerprint density at radius 2 is 1.53 bits per heavy atom. The third-order valence-electron chi connectivity index (χ3n) is 2.63. The molecule has 0 aromatic heterocycles. The highest BCUT2D eigenvalue weighted by Gasteiger charge is 2.00. The van der Waals surface area contributed by atoms with Crippen molar-refractivity contribution in [2.45, 2.75) is 12.8 Å². The minimum Gasteiger partial charge on any atom is -0.457 e. The molecule has 2 N–H and O–H groups in total. The first-order valence-electron chi connectivity index (χ1n) is 5.94. The van der Waals surface area contributed by atoms with E-state index in [4.69, 9.17) is 22.1 Å². The Morgan fingerprint density at radius 1 is 1.00 bits per heavy atom. The summed E-state index contributed by atoms with van der Waals surface area (Å²) >= 11 is 5.80. The summed E-state index contributed by atoms with van der Waals surface area (Å²) in [5.41, 5.74) is 6.17. The number of carbonyl (C=O) groups excluding carboxylic acids is 1. The third-order valence-corrected chi connectivity index (χ3v) is 2.88. The van der Waals surface area contributed by atoms with Gasteiger partial charge in [0, 0.05) is 11.4 Å². The van der Waals surface area contributed by atoms with Crippen molar-refractivity contribution in [2.24, 2.45) is 5.73 Å². The molecule has 0 bridgehead atoms. The molecule has 2 aromatic carbocycles. The van der Waals surface area contributed by atoms with Crippen molar-refractivity contribution in [2.75, 3.05) is 0 Å². The van der Waals surface area contributed by atoms with Crippen LogP contribution < -0.4 is 10.5 Å². The van der Waals surface area contributed by atoms with Gasteiger partial charge in [-0.1, -0.05) is 23.7 Å². The number of benzene rings is 2. The van der Waals surface area contributed by atoms with Crippen LogP contribution in [0.25, 0.3) is 0 Å². The van der Waals surface area contributed by atoms with Gasteiger partial charge >= 0.3 is 0 Å². The summed E-state index contributed by atoms with van der Waals surface area (Å²) in [7, 11) is 0. The van der Waals surface area contributed by atoms with Gasteiger partial charge in [-0.05, 0) is 48.4 Å². The Morgan fingerprint density at radius 3 is 2.05 bits per heavy atom. The molecule has 0 atom stereocenters. The van der Waals surface area contributed by atoms with Gasteiger partial charge in [-0.2, -0.15) is 0 Å². The average molecular weight is 276 g/mol.